The lowest BCUT2D eigenvalue weighted by Gasteiger charge is -2.33. The Hall–Kier alpha value is -1.44. The number of ether oxygens (including phenoxy) is 1. The molecule has 1 aromatic rings. The van der Waals surface area contributed by atoms with E-state index in [0.717, 1.165) is 5.56 Å². The van der Waals surface area contributed by atoms with E-state index < -0.39 is 10.0 Å². The van der Waals surface area contributed by atoms with Gasteiger partial charge in [-0.25, -0.2) is 8.42 Å². The summed E-state index contributed by atoms with van der Waals surface area (Å²) >= 11 is 0. The lowest BCUT2D eigenvalue weighted by molar-refractivity contribution is -0.142. The van der Waals surface area contributed by atoms with Crippen LogP contribution in [0.2, 0.25) is 0 Å². The number of hydrogen-bond acceptors (Lipinski definition) is 5. The van der Waals surface area contributed by atoms with Crippen LogP contribution in [0.4, 0.5) is 0 Å². The molecule has 0 N–H and O–H groups in total. The highest BCUT2D eigenvalue weighted by molar-refractivity contribution is 7.89. The highest BCUT2D eigenvalue weighted by atomic mass is 32.2. The fraction of sp³-hybridized carbons (Fsp3) is 0.500. The Balaban J connectivity index is 2.05. The van der Waals surface area contributed by atoms with Crippen molar-refractivity contribution in [2.24, 2.45) is 0 Å². The number of carbonyl (C=O) groups is 1. The SMILES string of the molecule is COC(=O)CN1CCN(S(=O)(=O)c2ccccc2C)CC1. The van der Waals surface area contributed by atoms with E-state index in [1.807, 2.05) is 11.0 Å². The van der Waals surface area contributed by atoms with Gasteiger partial charge >= 0.3 is 5.97 Å². The Morgan fingerprint density at radius 1 is 1.19 bits per heavy atom. The summed E-state index contributed by atoms with van der Waals surface area (Å²) in [7, 11) is -2.11. The first kappa shape index (κ1) is 15.9. The van der Waals surface area contributed by atoms with Gasteiger partial charge in [-0.3, -0.25) is 9.69 Å². The molecule has 1 aliphatic heterocycles. The molecule has 0 spiro atoms. The molecular formula is C14H20N2O4S. The Morgan fingerprint density at radius 3 is 2.38 bits per heavy atom. The Labute approximate surface area is 125 Å². The zero-order valence-corrected chi connectivity index (χ0v) is 13.1. The third kappa shape index (κ3) is 3.61. The number of carbonyl (C=O) groups excluding carboxylic acids is 1. The van der Waals surface area contributed by atoms with E-state index in [2.05, 4.69) is 4.74 Å². The summed E-state index contributed by atoms with van der Waals surface area (Å²) in [4.78, 5) is 13.5. The Kier molecular flexibility index (Phi) is 4.97. The van der Waals surface area contributed by atoms with Gasteiger partial charge < -0.3 is 4.74 Å². The molecule has 0 unspecified atom stereocenters. The molecule has 0 saturated carbocycles. The lowest BCUT2D eigenvalue weighted by atomic mass is 10.2. The largest absolute Gasteiger partial charge is 0.468 e. The molecule has 0 bridgehead atoms. The molecule has 6 nitrogen and oxygen atoms in total. The van der Waals surface area contributed by atoms with Gasteiger partial charge in [0.15, 0.2) is 0 Å². The van der Waals surface area contributed by atoms with Crippen molar-refractivity contribution in [1.82, 2.24) is 9.21 Å². The van der Waals surface area contributed by atoms with Crippen LogP contribution in [-0.4, -0.2) is 63.4 Å². The fourth-order valence-electron chi connectivity index (χ4n) is 2.36. The third-order valence-electron chi connectivity index (χ3n) is 3.62. The number of methoxy groups -OCH3 is 1. The maximum Gasteiger partial charge on any atom is 0.319 e. The Bertz CT molecular complexity index is 607. The number of rotatable bonds is 4. The highest BCUT2D eigenvalue weighted by Crippen LogP contribution is 2.20. The number of sulfonamides is 1. The molecule has 1 fully saturated rings. The standard InChI is InChI=1S/C14H20N2O4S/c1-12-5-3-4-6-13(12)21(18,19)16-9-7-15(8-10-16)11-14(17)20-2/h3-6H,7-11H2,1-2H3. The second kappa shape index (κ2) is 6.55. The third-order valence-corrected chi connectivity index (χ3v) is 5.68. The van der Waals surface area contributed by atoms with E-state index in [1.165, 1.54) is 11.4 Å². The van der Waals surface area contributed by atoms with Gasteiger partial charge in [0.2, 0.25) is 10.0 Å². The van der Waals surface area contributed by atoms with Crippen molar-refractivity contribution in [2.45, 2.75) is 11.8 Å². The molecule has 1 heterocycles. The first-order valence-corrected chi connectivity index (χ1v) is 8.24. The van der Waals surface area contributed by atoms with Gasteiger partial charge in [-0.05, 0) is 18.6 Å². The molecule has 1 aromatic carbocycles. The van der Waals surface area contributed by atoms with Gasteiger partial charge in [-0.2, -0.15) is 4.31 Å². The molecule has 7 heteroatoms. The van der Waals surface area contributed by atoms with Crippen LogP contribution in [0.25, 0.3) is 0 Å². The van der Waals surface area contributed by atoms with Crippen LogP contribution in [0, 0.1) is 6.92 Å². The number of piperazine rings is 1. The normalized spacial score (nSPS) is 17.6. The number of benzene rings is 1. The summed E-state index contributed by atoms with van der Waals surface area (Å²) < 4.78 is 31.3. The first-order valence-electron chi connectivity index (χ1n) is 6.80. The molecular weight excluding hydrogens is 292 g/mol. The molecule has 0 atom stereocenters. The first-order chi connectivity index (χ1) is 9.95. The monoisotopic (exact) mass is 312 g/mol. The van der Waals surface area contributed by atoms with E-state index in [9.17, 15) is 13.2 Å². The summed E-state index contributed by atoms with van der Waals surface area (Å²) in [5, 5.41) is 0. The van der Waals surface area contributed by atoms with Crippen molar-refractivity contribution in [2.75, 3.05) is 39.8 Å². The van der Waals surface area contributed by atoms with Crippen LogP contribution in [-0.2, 0) is 19.6 Å². The van der Waals surface area contributed by atoms with Crippen molar-refractivity contribution >= 4 is 16.0 Å². The molecule has 1 aliphatic rings. The predicted octanol–water partition coefficient (Wildman–Crippen LogP) is 0.474. The fourth-order valence-corrected chi connectivity index (χ4v) is 4.01. The molecule has 2 rings (SSSR count). The van der Waals surface area contributed by atoms with Crippen LogP contribution in [0.3, 0.4) is 0 Å². The minimum Gasteiger partial charge on any atom is -0.468 e. The number of esters is 1. The number of aryl methyl sites for hydroxylation is 1. The van der Waals surface area contributed by atoms with Crippen molar-refractivity contribution < 1.29 is 17.9 Å². The van der Waals surface area contributed by atoms with E-state index in [4.69, 9.17) is 0 Å². The molecule has 0 aromatic heterocycles. The van der Waals surface area contributed by atoms with Crippen molar-refractivity contribution in [3.63, 3.8) is 0 Å². The molecule has 1 saturated heterocycles. The zero-order chi connectivity index (χ0) is 15.5. The Morgan fingerprint density at radius 2 is 1.81 bits per heavy atom. The van der Waals surface area contributed by atoms with Gasteiger partial charge in [-0.15, -0.1) is 0 Å². The van der Waals surface area contributed by atoms with Crippen molar-refractivity contribution in [3.05, 3.63) is 29.8 Å². The highest BCUT2D eigenvalue weighted by Gasteiger charge is 2.29. The minimum atomic E-state index is -3.46. The van der Waals surface area contributed by atoms with Gasteiger partial charge in [0.1, 0.15) is 0 Å². The molecule has 0 amide bonds. The molecule has 0 radical (unpaired) electrons. The maximum absolute atomic E-state index is 12.6. The molecule has 0 aliphatic carbocycles. The summed E-state index contributed by atoms with van der Waals surface area (Å²) in [6.45, 7) is 3.82. The van der Waals surface area contributed by atoms with Crippen molar-refractivity contribution in [1.29, 1.82) is 0 Å². The summed E-state index contributed by atoms with van der Waals surface area (Å²) in [6.07, 6.45) is 0. The topological polar surface area (TPSA) is 66.9 Å². The van der Waals surface area contributed by atoms with Gasteiger partial charge in [0.05, 0.1) is 18.6 Å². The van der Waals surface area contributed by atoms with Crippen LogP contribution < -0.4 is 0 Å². The van der Waals surface area contributed by atoms with Crippen molar-refractivity contribution in [3.8, 4) is 0 Å². The summed E-state index contributed by atoms with van der Waals surface area (Å²) in [5.41, 5.74) is 0.745. The summed E-state index contributed by atoms with van der Waals surface area (Å²) in [6, 6.07) is 6.97. The molecule has 21 heavy (non-hydrogen) atoms. The lowest BCUT2D eigenvalue weighted by Crippen LogP contribution is -2.50. The minimum absolute atomic E-state index is 0.203. The van der Waals surface area contributed by atoms with E-state index in [0.29, 0.717) is 31.1 Å². The predicted molar refractivity (Wildman–Crippen MR) is 78.4 cm³/mol. The smallest absolute Gasteiger partial charge is 0.319 e. The van der Waals surface area contributed by atoms with Gasteiger partial charge in [0, 0.05) is 26.2 Å². The van der Waals surface area contributed by atoms with Crippen LogP contribution in [0.5, 0.6) is 0 Å². The van der Waals surface area contributed by atoms with E-state index >= 15 is 0 Å². The van der Waals surface area contributed by atoms with Crippen LogP contribution in [0.15, 0.2) is 29.2 Å². The van der Waals surface area contributed by atoms with Gasteiger partial charge in [0.25, 0.3) is 0 Å². The zero-order valence-electron chi connectivity index (χ0n) is 12.3. The van der Waals surface area contributed by atoms with E-state index in [1.54, 1.807) is 25.1 Å². The van der Waals surface area contributed by atoms with Gasteiger partial charge in [-0.1, -0.05) is 18.2 Å². The maximum atomic E-state index is 12.6. The van der Waals surface area contributed by atoms with Crippen LogP contribution in [0.1, 0.15) is 5.56 Å². The number of nitrogens with zero attached hydrogens (tertiary/aromatic N) is 2. The average Bonchev–Trinajstić information content (AvgIpc) is 2.48. The van der Waals surface area contributed by atoms with Crippen LogP contribution >= 0.6 is 0 Å². The second-order valence-electron chi connectivity index (χ2n) is 5.02. The quantitative estimate of drug-likeness (QED) is 0.756. The molecule has 116 valence electrons. The average molecular weight is 312 g/mol. The number of hydrogen-bond donors (Lipinski definition) is 0. The second-order valence-corrected chi connectivity index (χ2v) is 6.93. The van der Waals surface area contributed by atoms with E-state index in [-0.39, 0.29) is 12.5 Å². The summed E-state index contributed by atoms with van der Waals surface area (Å²) in [5.74, 6) is -0.301.